The zero-order valence-corrected chi connectivity index (χ0v) is 14.9. The average molecular weight is 357 g/mol. The number of rotatable bonds is 4. The molecule has 0 spiro atoms. The maximum atomic E-state index is 11.9. The Bertz CT molecular complexity index is 1010. The van der Waals surface area contributed by atoms with Crippen LogP contribution in [-0.4, -0.2) is 26.6 Å². The van der Waals surface area contributed by atoms with E-state index in [-0.39, 0.29) is 0 Å². The van der Waals surface area contributed by atoms with Gasteiger partial charge in [0.05, 0.1) is 16.8 Å². The molecule has 0 aliphatic carbocycles. The second kappa shape index (κ2) is 6.68. The highest BCUT2D eigenvalue weighted by Gasteiger charge is 2.37. The molecule has 4 rings (SSSR count). The van der Waals surface area contributed by atoms with Crippen LogP contribution in [0.15, 0.2) is 72.6 Å². The number of aromatic nitrogens is 2. The van der Waals surface area contributed by atoms with Crippen LogP contribution in [0.1, 0.15) is 18.1 Å². The monoisotopic (exact) mass is 357 g/mol. The third kappa shape index (κ3) is 3.31. The molecule has 0 saturated heterocycles. The fourth-order valence-corrected chi connectivity index (χ4v) is 3.44. The minimum Gasteiger partial charge on any atom is -0.478 e. The first-order valence-corrected chi connectivity index (χ1v) is 8.74. The quantitative estimate of drug-likeness (QED) is 0.737. The molecule has 1 atom stereocenters. The smallest absolute Gasteiger partial charge is 0.333 e. The topological polar surface area (TPSA) is 75.1 Å². The highest BCUT2D eigenvalue weighted by molar-refractivity contribution is 5.98. The second-order valence-corrected chi connectivity index (χ2v) is 6.86. The number of pyridine rings is 2. The summed E-state index contributed by atoms with van der Waals surface area (Å²) in [5, 5.41) is 13.0. The van der Waals surface area contributed by atoms with Gasteiger partial charge in [0.2, 0.25) is 0 Å². The van der Waals surface area contributed by atoms with E-state index in [0.717, 1.165) is 22.4 Å². The van der Waals surface area contributed by atoms with Crippen molar-refractivity contribution in [2.24, 2.45) is 0 Å². The van der Waals surface area contributed by atoms with E-state index in [1.54, 1.807) is 18.3 Å². The van der Waals surface area contributed by atoms with Gasteiger partial charge >= 0.3 is 5.97 Å². The summed E-state index contributed by atoms with van der Waals surface area (Å²) >= 11 is 0. The Kier molecular flexibility index (Phi) is 4.20. The van der Waals surface area contributed by atoms with Gasteiger partial charge in [0.25, 0.3) is 0 Å². The number of hydrogen-bond acceptors (Lipinski definition) is 4. The molecular weight excluding hydrogens is 338 g/mol. The number of nitrogens with one attached hydrogen (secondary N) is 1. The van der Waals surface area contributed by atoms with Crippen molar-refractivity contribution >= 4 is 17.9 Å². The predicted molar refractivity (Wildman–Crippen MR) is 105 cm³/mol. The molecule has 1 aliphatic rings. The molecule has 0 radical (unpaired) electrons. The summed E-state index contributed by atoms with van der Waals surface area (Å²) in [6, 6.07) is 17.6. The van der Waals surface area contributed by atoms with Gasteiger partial charge in [-0.2, -0.15) is 0 Å². The number of nitrogens with zero attached hydrogens (tertiary/aromatic N) is 2. The number of anilines is 1. The van der Waals surface area contributed by atoms with E-state index in [4.69, 9.17) is 0 Å². The molecule has 134 valence electrons. The molecule has 0 amide bonds. The van der Waals surface area contributed by atoms with Gasteiger partial charge in [-0.05, 0) is 36.8 Å². The summed E-state index contributed by atoms with van der Waals surface area (Å²) in [6.45, 7) is 1.88. The number of hydrogen-bond donors (Lipinski definition) is 2. The Morgan fingerprint density at radius 2 is 1.89 bits per heavy atom. The molecule has 5 heteroatoms. The predicted octanol–water partition coefficient (Wildman–Crippen LogP) is 4.04. The van der Waals surface area contributed by atoms with Crippen molar-refractivity contribution in [3.8, 4) is 11.3 Å². The molecule has 1 aliphatic heterocycles. The van der Waals surface area contributed by atoms with E-state index < -0.39 is 11.5 Å². The SMILES string of the molecule is CC1(Cc2ccc(-c3ccccc3)nc2)Nc2ncccc2C=C1C(=O)O. The van der Waals surface area contributed by atoms with Gasteiger partial charge in [-0.15, -0.1) is 0 Å². The highest BCUT2D eigenvalue weighted by Crippen LogP contribution is 2.34. The molecule has 3 aromatic rings. The lowest BCUT2D eigenvalue weighted by molar-refractivity contribution is -0.133. The molecule has 0 bridgehead atoms. The van der Waals surface area contributed by atoms with Gasteiger partial charge < -0.3 is 10.4 Å². The van der Waals surface area contributed by atoms with Crippen molar-refractivity contribution in [3.63, 3.8) is 0 Å². The van der Waals surface area contributed by atoms with Crippen molar-refractivity contribution in [2.45, 2.75) is 18.9 Å². The zero-order valence-electron chi connectivity index (χ0n) is 14.9. The zero-order chi connectivity index (χ0) is 18.9. The standard InChI is InChI=1S/C22H19N3O2/c1-22(18(21(26)27)12-17-8-5-11-23-20(17)25-22)13-15-9-10-19(24-14-15)16-6-3-2-4-7-16/h2-12,14H,13H2,1H3,(H,23,25)(H,26,27). The van der Waals surface area contributed by atoms with Gasteiger partial charge in [0, 0.05) is 29.9 Å². The van der Waals surface area contributed by atoms with E-state index in [1.807, 2.05) is 61.7 Å². The Morgan fingerprint density at radius 1 is 1.07 bits per heavy atom. The van der Waals surface area contributed by atoms with Gasteiger partial charge in [-0.3, -0.25) is 4.98 Å². The molecule has 5 nitrogen and oxygen atoms in total. The summed E-state index contributed by atoms with van der Waals surface area (Å²) < 4.78 is 0. The molecule has 2 N–H and O–H groups in total. The second-order valence-electron chi connectivity index (χ2n) is 6.86. The molecule has 3 heterocycles. The van der Waals surface area contributed by atoms with Gasteiger partial charge in [-0.1, -0.05) is 36.4 Å². The van der Waals surface area contributed by atoms with Crippen LogP contribution in [0.25, 0.3) is 17.3 Å². The van der Waals surface area contributed by atoms with Crippen LogP contribution in [0.5, 0.6) is 0 Å². The minimum absolute atomic E-state index is 0.315. The van der Waals surface area contributed by atoms with Crippen molar-refractivity contribution in [2.75, 3.05) is 5.32 Å². The molecule has 0 saturated carbocycles. The largest absolute Gasteiger partial charge is 0.478 e. The maximum absolute atomic E-state index is 11.9. The van der Waals surface area contributed by atoms with Crippen molar-refractivity contribution in [1.82, 2.24) is 9.97 Å². The Hall–Kier alpha value is -3.47. The number of carbonyl (C=O) groups is 1. The Balaban J connectivity index is 1.64. The third-order valence-corrected chi connectivity index (χ3v) is 4.81. The molecular formula is C22H19N3O2. The average Bonchev–Trinajstić information content (AvgIpc) is 2.68. The first-order chi connectivity index (χ1) is 13.0. The fourth-order valence-electron chi connectivity index (χ4n) is 3.44. The Labute approximate surface area is 157 Å². The van der Waals surface area contributed by atoms with Crippen LogP contribution < -0.4 is 5.32 Å². The van der Waals surface area contributed by atoms with Crippen LogP contribution in [0, 0.1) is 0 Å². The lowest BCUT2D eigenvalue weighted by Crippen LogP contribution is -2.44. The number of carboxylic acids is 1. The maximum Gasteiger partial charge on any atom is 0.333 e. The van der Waals surface area contributed by atoms with Crippen LogP contribution in [-0.2, 0) is 11.2 Å². The number of fused-ring (bicyclic) bond motifs is 1. The van der Waals surface area contributed by atoms with Crippen molar-refractivity contribution in [3.05, 3.63) is 83.7 Å². The summed E-state index contributed by atoms with van der Waals surface area (Å²) in [5.41, 5.74) is 3.22. The first-order valence-electron chi connectivity index (χ1n) is 8.74. The number of benzene rings is 1. The normalized spacial score (nSPS) is 18.2. The summed E-state index contributed by atoms with van der Waals surface area (Å²) in [4.78, 5) is 20.8. The molecule has 0 fully saturated rings. The summed E-state index contributed by atoms with van der Waals surface area (Å²) in [5.74, 6) is -0.243. The number of carboxylic acid groups (broad SMARTS) is 1. The summed E-state index contributed by atoms with van der Waals surface area (Å²) in [7, 11) is 0. The highest BCUT2D eigenvalue weighted by atomic mass is 16.4. The van der Waals surface area contributed by atoms with Gasteiger partial charge in [-0.25, -0.2) is 9.78 Å². The lowest BCUT2D eigenvalue weighted by Gasteiger charge is -2.35. The van der Waals surface area contributed by atoms with E-state index in [0.29, 0.717) is 17.8 Å². The summed E-state index contributed by atoms with van der Waals surface area (Å²) in [6.07, 6.45) is 5.70. The third-order valence-electron chi connectivity index (χ3n) is 4.81. The lowest BCUT2D eigenvalue weighted by atomic mass is 9.82. The van der Waals surface area contributed by atoms with Gasteiger partial charge in [0.15, 0.2) is 0 Å². The minimum atomic E-state index is -0.937. The van der Waals surface area contributed by atoms with Crippen LogP contribution in [0.3, 0.4) is 0 Å². The van der Waals surface area contributed by atoms with Crippen molar-refractivity contribution in [1.29, 1.82) is 0 Å². The van der Waals surface area contributed by atoms with E-state index in [2.05, 4.69) is 15.3 Å². The molecule has 2 aromatic heterocycles. The Morgan fingerprint density at radius 3 is 2.59 bits per heavy atom. The molecule has 27 heavy (non-hydrogen) atoms. The van der Waals surface area contributed by atoms with Crippen LogP contribution in [0.2, 0.25) is 0 Å². The molecule has 1 unspecified atom stereocenters. The van der Waals surface area contributed by atoms with Crippen LogP contribution in [0.4, 0.5) is 5.82 Å². The fraction of sp³-hybridized carbons (Fsp3) is 0.136. The molecule has 1 aromatic carbocycles. The van der Waals surface area contributed by atoms with E-state index in [9.17, 15) is 9.90 Å². The number of aliphatic carboxylic acids is 1. The van der Waals surface area contributed by atoms with Gasteiger partial charge in [0.1, 0.15) is 5.82 Å². The van der Waals surface area contributed by atoms with Crippen LogP contribution >= 0.6 is 0 Å². The van der Waals surface area contributed by atoms with E-state index >= 15 is 0 Å². The van der Waals surface area contributed by atoms with E-state index in [1.165, 1.54) is 0 Å². The first kappa shape index (κ1) is 17.0. The van der Waals surface area contributed by atoms with Crippen molar-refractivity contribution < 1.29 is 9.90 Å².